The van der Waals surface area contributed by atoms with Crippen molar-refractivity contribution in [2.75, 3.05) is 51.8 Å². The van der Waals surface area contributed by atoms with Crippen molar-refractivity contribution >= 4 is 11.7 Å². The molecule has 2 aliphatic rings. The van der Waals surface area contributed by atoms with E-state index in [4.69, 9.17) is 4.74 Å². The van der Waals surface area contributed by atoms with Gasteiger partial charge < -0.3 is 19.4 Å². The minimum Gasteiger partial charge on any atom is -0.493 e. The SMILES string of the molecule is CN(C)Cc1ccc(N2CCN(C(=O)C3CCOc4ccccc43)CC2)nc1. The summed E-state index contributed by atoms with van der Waals surface area (Å²) in [6.07, 6.45) is 2.71. The monoisotopic (exact) mass is 380 g/mol. The van der Waals surface area contributed by atoms with Crippen molar-refractivity contribution in [3.05, 3.63) is 53.7 Å². The van der Waals surface area contributed by atoms with E-state index in [9.17, 15) is 4.79 Å². The lowest BCUT2D eigenvalue weighted by Gasteiger charge is -2.38. The molecule has 1 aromatic heterocycles. The second-order valence-corrected chi connectivity index (χ2v) is 7.80. The van der Waals surface area contributed by atoms with Crippen molar-refractivity contribution in [2.45, 2.75) is 18.9 Å². The molecule has 0 aliphatic carbocycles. The van der Waals surface area contributed by atoms with Gasteiger partial charge >= 0.3 is 0 Å². The fourth-order valence-electron chi connectivity index (χ4n) is 4.04. The number of fused-ring (bicyclic) bond motifs is 1. The molecule has 0 saturated carbocycles. The fourth-order valence-corrected chi connectivity index (χ4v) is 4.04. The average Bonchev–Trinajstić information content (AvgIpc) is 2.73. The molecule has 28 heavy (non-hydrogen) atoms. The van der Waals surface area contributed by atoms with Gasteiger partial charge in [-0.2, -0.15) is 0 Å². The first kappa shape index (κ1) is 18.7. The molecule has 0 spiro atoms. The van der Waals surface area contributed by atoms with Gasteiger partial charge in [0.2, 0.25) is 5.91 Å². The van der Waals surface area contributed by atoms with Crippen molar-refractivity contribution in [3.63, 3.8) is 0 Å². The number of piperazine rings is 1. The second-order valence-electron chi connectivity index (χ2n) is 7.80. The number of aromatic nitrogens is 1. The lowest BCUT2D eigenvalue weighted by molar-refractivity contribution is -0.133. The number of carbonyl (C=O) groups is 1. The molecule has 1 saturated heterocycles. The number of para-hydroxylation sites is 1. The Labute approximate surface area is 166 Å². The quantitative estimate of drug-likeness (QED) is 0.815. The molecule has 1 atom stereocenters. The van der Waals surface area contributed by atoms with Crippen LogP contribution in [-0.2, 0) is 11.3 Å². The minimum atomic E-state index is -0.0834. The Balaban J connectivity index is 1.37. The zero-order chi connectivity index (χ0) is 19.5. The number of pyridine rings is 1. The molecular weight excluding hydrogens is 352 g/mol. The Hall–Kier alpha value is -2.60. The number of benzene rings is 1. The van der Waals surface area contributed by atoms with Gasteiger partial charge in [0.1, 0.15) is 11.6 Å². The fraction of sp³-hybridized carbons (Fsp3) is 0.455. The Bertz CT molecular complexity index is 814. The number of nitrogens with zero attached hydrogens (tertiary/aromatic N) is 4. The predicted octanol–water partition coefficient (Wildman–Crippen LogP) is 2.36. The molecule has 1 fully saturated rings. The number of carbonyl (C=O) groups excluding carboxylic acids is 1. The highest BCUT2D eigenvalue weighted by Gasteiger charge is 2.32. The maximum Gasteiger partial charge on any atom is 0.230 e. The standard InChI is InChI=1S/C22H28N4O2/c1-24(2)16-17-7-8-21(23-15-17)25-10-12-26(13-11-25)22(27)19-9-14-28-20-6-4-3-5-18(19)20/h3-8,15,19H,9-14,16H2,1-2H3. The van der Waals surface area contributed by atoms with Crippen molar-refractivity contribution in [1.29, 1.82) is 0 Å². The third-order valence-corrected chi connectivity index (χ3v) is 5.48. The first-order valence-corrected chi connectivity index (χ1v) is 9.97. The molecule has 0 N–H and O–H groups in total. The van der Waals surface area contributed by atoms with Gasteiger partial charge in [-0.1, -0.05) is 24.3 Å². The highest BCUT2D eigenvalue weighted by atomic mass is 16.5. The smallest absolute Gasteiger partial charge is 0.230 e. The van der Waals surface area contributed by atoms with Crippen LogP contribution in [0.5, 0.6) is 5.75 Å². The van der Waals surface area contributed by atoms with Crippen LogP contribution in [0.15, 0.2) is 42.6 Å². The van der Waals surface area contributed by atoms with Crippen LogP contribution < -0.4 is 9.64 Å². The van der Waals surface area contributed by atoms with Crippen LogP contribution in [-0.4, -0.2) is 67.6 Å². The summed E-state index contributed by atoms with van der Waals surface area (Å²) in [5.41, 5.74) is 2.24. The maximum absolute atomic E-state index is 13.1. The van der Waals surface area contributed by atoms with E-state index in [2.05, 4.69) is 41.0 Å². The van der Waals surface area contributed by atoms with Crippen molar-refractivity contribution in [3.8, 4) is 5.75 Å². The van der Waals surface area contributed by atoms with Gasteiger partial charge in [0.15, 0.2) is 0 Å². The molecular formula is C22H28N4O2. The molecule has 1 aromatic carbocycles. The summed E-state index contributed by atoms with van der Waals surface area (Å²) in [4.78, 5) is 24.2. The zero-order valence-electron chi connectivity index (χ0n) is 16.7. The van der Waals surface area contributed by atoms with E-state index in [0.29, 0.717) is 6.61 Å². The largest absolute Gasteiger partial charge is 0.493 e. The van der Waals surface area contributed by atoms with Crippen LogP contribution >= 0.6 is 0 Å². The van der Waals surface area contributed by atoms with Crippen LogP contribution in [0.25, 0.3) is 0 Å². The van der Waals surface area contributed by atoms with Gasteiger partial charge in [0.05, 0.1) is 12.5 Å². The van der Waals surface area contributed by atoms with Gasteiger partial charge in [-0.05, 0) is 38.2 Å². The van der Waals surface area contributed by atoms with E-state index in [1.807, 2.05) is 35.4 Å². The summed E-state index contributed by atoms with van der Waals surface area (Å²) in [6, 6.07) is 12.1. The van der Waals surface area contributed by atoms with Crippen molar-refractivity contribution in [2.24, 2.45) is 0 Å². The molecule has 1 unspecified atom stereocenters. The van der Waals surface area contributed by atoms with Crippen LogP contribution in [0.3, 0.4) is 0 Å². The van der Waals surface area contributed by atoms with Crippen LogP contribution in [0.1, 0.15) is 23.5 Å². The topological polar surface area (TPSA) is 48.9 Å². The van der Waals surface area contributed by atoms with Gasteiger partial charge in [-0.15, -0.1) is 0 Å². The summed E-state index contributed by atoms with van der Waals surface area (Å²) in [7, 11) is 4.11. The number of rotatable bonds is 4. The second kappa shape index (κ2) is 8.19. The van der Waals surface area contributed by atoms with E-state index >= 15 is 0 Å². The highest BCUT2D eigenvalue weighted by molar-refractivity contribution is 5.85. The molecule has 0 bridgehead atoms. The van der Waals surface area contributed by atoms with E-state index in [0.717, 1.165) is 56.3 Å². The number of ether oxygens (including phenoxy) is 1. The molecule has 1 amide bonds. The third kappa shape index (κ3) is 3.97. The Morgan fingerprint density at radius 2 is 1.93 bits per heavy atom. The Morgan fingerprint density at radius 1 is 1.14 bits per heavy atom. The lowest BCUT2D eigenvalue weighted by Crippen LogP contribution is -2.50. The molecule has 4 rings (SSSR count). The van der Waals surface area contributed by atoms with Crippen molar-refractivity contribution < 1.29 is 9.53 Å². The molecule has 3 heterocycles. The summed E-state index contributed by atoms with van der Waals surface area (Å²) in [5, 5.41) is 0. The van der Waals surface area contributed by atoms with Gasteiger partial charge in [-0.3, -0.25) is 4.79 Å². The van der Waals surface area contributed by atoms with Crippen LogP contribution in [0.2, 0.25) is 0 Å². The summed E-state index contributed by atoms with van der Waals surface area (Å²) in [6.45, 7) is 4.60. The highest BCUT2D eigenvalue weighted by Crippen LogP contribution is 2.34. The third-order valence-electron chi connectivity index (χ3n) is 5.48. The summed E-state index contributed by atoms with van der Waals surface area (Å²) in [5.74, 6) is 1.99. The molecule has 148 valence electrons. The molecule has 2 aliphatic heterocycles. The number of anilines is 1. The first-order valence-electron chi connectivity index (χ1n) is 9.97. The van der Waals surface area contributed by atoms with Gasteiger partial charge in [-0.25, -0.2) is 4.98 Å². The Kier molecular flexibility index (Phi) is 5.48. The first-order chi connectivity index (χ1) is 13.6. The zero-order valence-corrected chi connectivity index (χ0v) is 16.7. The summed E-state index contributed by atoms with van der Waals surface area (Å²) < 4.78 is 5.71. The minimum absolute atomic E-state index is 0.0834. The maximum atomic E-state index is 13.1. The normalized spacial score (nSPS) is 19.3. The number of hydrogen-bond donors (Lipinski definition) is 0. The van der Waals surface area contributed by atoms with E-state index in [1.54, 1.807) is 0 Å². The molecule has 6 nitrogen and oxygen atoms in total. The van der Waals surface area contributed by atoms with Crippen LogP contribution in [0.4, 0.5) is 5.82 Å². The van der Waals surface area contributed by atoms with Gasteiger partial charge in [0.25, 0.3) is 0 Å². The predicted molar refractivity (Wildman–Crippen MR) is 110 cm³/mol. The van der Waals surface area contributed by atoms with Crippen molar-refractivity contribution in [1.82, 2.24) is 14.8 Å². The van der Waals surface area contributed by atoms with E-state index in [1.165, 1.54) is 5.56 Å². The number of hydrogen-bond acceptors (Lipinski definition) is 5. The molecule has 6 heteroatoms. The summed E-state index contributed by atoms with van der Waals surface area (Å²) >= 11 is 0. The Morgan fingerprint density at radius 3 is 2.64 bits per heavy atom. The van der Waals surface area contributed by atoms with Crippen LogP contribution in [0, 0.1) is 0 Å². The van der Waals surface area contributed by atoms with E-state index in [-0.39, 0.29) is 11.8 Å². The molecule has 2 aromatic rings. The lowest BCUT2D eigenvalue weighted by atomic mass is 9.91. The number of amides is 1. The average molecular weight is 380 g/mol. The van der Waals surface area contributed by atoms with E-state index < -0.39 is 0 Å². The van der Waals surface area contributed by atoms with Gasteiger partial charge in [0, 0.05) is 44.5 Å². The molecule has 0 radical (unpaired) electrons.